The maximum Gasteiger partial charge on any atom is 0.0356 e. The summed E-state index contributed by atoms with van der Waals surface area (Å²) in [5.74, 6) is 0. The van der Waals surface area contributed by atoms with Gasteiger partial charge in [0.15, 0.2) is 0 Å². The van der Waals surface area contributed by atoms with E-state index in [1.54, 1.807) is 0 Å². The standard InChI is InChI=1S/C13H27N3/c1-2-15-10-6-13(12-14,7-11-15)16-8-4-3-5-9-16/h2-12,14H2,1H3. The molecule has 0 amide bonds. The Morgan fingerprint density at radius 2 is 1.62 bits per heavy atom. The molecule has 0 aliphatic carbocycles. The van der Waals surface area contributed by atoms with Crippen molar-refractivity contribution >= 4 is 0 Å². The van der Waals surface area contributed by atoms with E-state index in [0.717, 1.165) is 6.54 Å². The minimum atomic E-state index is 0.339. The van der Waals surface area contributed by atoms with Crippen molar-refractivity contribution in [1.82, 2.24) is 9.80 Å². The van der Waals surface area contributed by atoms with E-state index in [1.807, 2.05) is 0 Å². The third kappa shape index (κ3) is 2.41. The van der Waals surface area contributed by atoms with Crippen molar-refractivity contribution in [2.45, 2.75) is 44.6 Å². The van der Waals surface area contributed by atoms with E-state index in [-0.39, 0.29) is 0 Å². The first-order valence-electron chi connectivity index (χ1n) is 6.98. The maximum atomic E-state index is 6.10. The monoisotopic (exact) mass is 225 g/mol. The Bertz CT molecular complexity index is 203. The highest BCUT2D eigenvalue weighted by Crippen LogP contribution is 2.30. The second-order valence-corrected chi connectivity index (χ2v) is 5.41. The number of hydrogen-bond acceptors (Lipinski definition) is 3. The number of hydrogen-bond donors (Lipinski definition) is 1. The summed E-state index contributed by atoms with van der Waals surface area (Å²) in [6, 6.07) is 0. The van der Waals surface area contributed by atoms with Crippen LogP contribution < -0.4 is 5.73 Å². The number of nitrogens with zero attached hydrogens (tertiary/aromatic N) is 2. The fourth-order valence-corrected chi connectivity index (χ4v) is 3.30. The predicted octanol–water partition coefficient (Wildman–Crippen LogP) is 1.29. The molecule has 3 nitrogen and oxygen atoms in total. The third-order valence-electron chi connectivity index (χ3n) is 4.64. The van der Waals surface area contributed by atoms with Crippen molar-refractivity contribution in [1.29, 1.82) is 0 Å². The number of piperidine rings is 2. The fraction of sp³-hybridized carbons (Fsp3) is 1.00. The van der Waals surface area contributed by atoms with Crippen LogP contribution in [0.2, 0.25) is 0 Å². The van der Waals surface area contributed by atoms with Crippen LogP contribution in [0.15, 0.2) is 0 Å². The van der Waals surface area contributed by atoms with Crippen molar-refractivity contribution < 1.29 is 0 Å². The lowest BCUT2D eigenvalue weighted by Crippen LogP contribution is -2.60. The first-order valence-corrected chi connectivity index (χ1v) is 6.98. The molecule has 0 radical (unpaired) electrons. The Kier molecular flexibility index (Phi) is 4.22. The van der Waals surface area contributed by atoms with Crippen molar-refractivity contribution in [3.05, 3.63) is 0 Å². The highest BCUT2D eigenvalue weighted by molar-refractivity contribution is 4.96. The van der Waals surface area contributed by atoms with Gasteiger partial charge in [-0.1, -0.05) is 13.3 Å². The van der Waals surface area contributed by atoms with E-state index in [9.17, 15) is 0 Å². The average molecular weight is 225 g/mol. The molecule has 2 heterocycles. The van der Waals surface area contributed by atoms with Gasteiger partial charge in [0.25, 0.3) is 0 Å². The van der Waals surface area contributed by atoms with Gasteiger partial charge in [-0.15, -0.1) is 0 Å². The molecule has 2 aliphatic heterocycles. The van der Waals surface area contributed by atoms with Crippen molar-refractivity contribution in [3.8, 4) is 0 Å². The SMILES string of the molecule is CCN1CCC(CN)(N2CCCCC2)CC1. The molecular formula is C13H27N3. The maximum absolute atomic E-state index is 6.10. The Balaban J connectivity index is 1.96. The summed E-state index contributed by atoms with van der Waals surface area (Å²) in [6.45, 7) is 9.35. The number of nitrogens with two attached hydrogens (primary N) is 1. The number of rotatable bonds is 3. The molecule has 0 aromatic rings. The Morgan fingerprint density at radius 1 is 1.00 bits per heavy atom. The van der Waals surface area contributed by atoms with E-state index in [0.29, 0.717) is 5.54 Å². The topological polar surface area (TPSA) is 32.5 Å². The molecule has 0 aromatic heterocycles. The normalized spacial score (nSPS) is 28.1. The summed E-state index contributed by atoms with van der Waals surface area (Å²) in [4.78, 5) is 5.25. The molecule has 2 rings (SSSR count). The molecule has 2 fully saturated rings. The van der Waals surface area contributed by atoms with E-state index in [2.05, 4.69) is 16.7 Å². The highest BCUT2D eigenvalue weighted by Gasteiger charge is 2.38. The van der Waals surface area contributed by atoms with Crippen molar-refractivity contribution in [3.63, 3.8) is 0 Å². The van der Waals surface area contributed by atoms with Gasteiger partial charge in [-0.3, -0.25) is 4.90 Å². The van der Waals surface area contributed by atoms with Gasteiger partial charge >= 0.3 is 0 Å². The van der Waals surface area contributed by atoms with Gasteiger partial charge in [0.2, 0.25) is 0 Å². The zero-order chi connectivity index (χ0) is 11.4. The van der Waals surface area contributed by atoms with E-state index in [4.69, 9.17) is 5.73 Å². The summed E-state index contributed by atoms with van der Waals surface area (Å²) >= 11 is 0. The summed E-state index contributed by atoms with van der Waals surface area (Å²) < 4.78 is 0. The van der Waals surface area contributed by atoms with Crippen molar-refractivity contribution in [2.24, 2.45) is 5.73 Å². The van der Waals surface area contributed by atoms with Crippen LogP contribution >= 0.6 is 0 Å². The van der Waals surface area contributed by atoms with Crippen LogP contribution in [0.4, 0.5) is 0 Å². The Morgan fingerprint density at radius 3 is 2.12 bits per heavy atom. The minimum absolute atomic E-state index is 0.339. The zero-order valence-electron chi connectivity index (χ0n) is 10.7. The lowest BCUT2D eigenvalue weighted by molar-refractivity contribution is 0.0157. The Labute approximate surface area is 100.0 Å². The van der Waals surface area contributed by atoms with Gasteiger partial charge in [-0.05, 0) is 58.4 Å². The summed E-state index contributed by atoms with van der Waals surface area (Å²) in [5, 5.41) is 0. The predicted molar refractivity (Wildman–Crippen MR) is 68.6 cm³/mol. The largest absolute Gasteiger partial charge is 0.329 e. The highest BCUT2D eigenvalue weighted by atomic mass is 15.2. The molecule has 2 N–H and O–H groups in total. The fourth-order valence-electron chi connectivity index (χ4n) is 3.30. The molecule has 2 aliphatic rings. The first kappa shape index (κ1) is 12.3. The smallest absolute Gasteiger partial charge is 0.0356 e. The van der Waals surface area contributed by atoms with E-state index < -0.39 is 0 Å². The van der Waals surface area contributed by atoms with Gasteiger partial charge < -0.3 is 10.6 Å². The van der Waals surface area contributed by atoms with Crippen LogP contribution in [0.5, 0.6) is 0 Å². The lowest BCUT2D eigenvalue weighted by Gasteiger charge is -2.49. The minimum Gasteiger partial charge on any atom is -0.329 e. The van der Waals surface area contributed by atoms with Crippen LogP contribution in [0, 0.1) is 0 Å². The zero-order valence-corrected chi connectivity index (χ0v) is 10.7. The average Bonchev–Trinajstić information content (AvgIpc) is 2.40. The van der Waals surface area contributed by atoms with Crippen LogP contribution in [-0.4, -0.2) is 54.6 Å². The quantitative estimate of drug-likeness (QED) is 0.785. The molecule has 3 heteroatoms. The van der Waals surface area contributed by atoms with Crippen LogP contribution in [0.25, 0.3) is 0 Å². The molecule has 0 aromatic carbocycles. The van der Waals surface area contributed by atoms with Gasteiger partial charge in [0, 0.05) is 12.1 Å². The van der Waals surface area contributed by atoms with Crippen molar-refractivity contribution in [2.75, 3.05) is 39.3 Å². The van der Waals surface area contributed by atoms with Crippen LogP contribution in [0.1, 0.15) is 39.0 Å². The molecule has 94 valence electrons. The van der Waals surface area contributed by atoms with Crippen LogP contribution in [0.3, 0.4) is 0 Å². The third-order valence-corrected chi connectivity index (χ3v) is 4.64. The van der Waals surface area contributed by atoms with E-state index in [1.165, 1.54) is 64.8 Å². The molecular weight excluding hydrogens is 198 g/mol. The van der Waals surface area contributed by atoms with Gasteiger partial charge in [0.05, 0.1) is 0 Å². The second kappa shape index (κ2) is 5.48. The molecule has 0 atom stereocenters. The summed E-state index contributed by atoms with van der Waals surface area (Å²) in [6.07, 6.45) is 6.71. The molecule has 0 unspecified atom stereocenters. The molecule has 0 spiro atoms. The molecule has 0 saturated carbocycles. The first-order chi connectivity index (χ1) is 7.80. The van der Waals surface area contributed by atoms with E-state index >= 15 is 0 Å². The summed E-state index contributed by atoms with van der Waals surface area (Å²) in [7, 11) is 0. The van der Waals surface area contributed by atoms with Gasteiger partial charge in [-0.25, -0.2) is 0 Å². The Hall–Kier alpha value is -0.120. The number of likely N-dealkylation sites (tertiary alicyclic amines) is 2. The summed E-state index contributed by atoms with van der Waals surface area (Å²) in [5.41, 5.74) is 6.44. The van der Waals surface area contributed by atoms with Gasteiger partial charge in [-0.2, -0.15) is 0 Å². The molecule has 0 bridgehead atoms. The molecule has 2 saturated heterocycles. The second-order valence-electron chi connectivity index (χ2n) is 5.41. The van der Waals surface area contributed by atoms with Crippen LogP contribution in [-0.2, 0) is 0 Å². The van der Waals surface area contributed by atoms with Gasteiger partial charge in [0.1, 0.15) is 0 Å². The molecule has 16 heavy (non-hydrogen) atoms. The lowest BCUT2D eigenvalue weighted by atomic mass is 9.84.